The van der Waals surface area contributed by atoms with Crippen LogP contribution in [0.3, 0.4) is 0 Å². The summed E-state index contributed by atoms with van der Waals surface area (Å²) in [5, 5.41) is 18.4. The third-order valence-corrected chi connectivity index (χ3v) is 6.23. The molecule has 1 aliphatic carbocycles. The van der Waals surface area contributed by atoms with Gasteiger partial charge in [-0.2, -0.15) is 0 Å². The second-order valence-electron chi connectivity index (χ2n) is 8.39. The fraction of sp³-hybridized carbons (Fsp3) is 0.636. The zero-order valence-electron chi connectivity index (χ0n) is 17.6. The molecule has 9 heteroatoms. The highest BCUT2D eigenvalue weighted by atomic mass is 16.7. The van der Waals surface area contributed by atoms with Crippen LogP contribution >= 0.6 is 0 Å². The number of urea groups is 1. The second-order valence-corrected chi connectivity index (χ2v) is 8.39. The van der Waals surface area contributed by atoms with E-state index in [4.69, 9.17) is 14.2 Å². The van der Waals surface area contributed by atoms with Crippen molar-refractivity contribution in [1.82, 2.24) is 10.6 Å². The number of fused-ring (bicyclic) bond motifs is 1. The number of aliphatic hydroxyl groups is 1. The fourth-order valence-corrected chi connectivity index (χ4v) is 4.51. The molecule has 1 saturated heterocycles. The Morgan fingerprint density at radius 3 is 2.68 bits per heavy atom. The molecule has 1 saturated carbocycles. The Morgan fingerprint density at radius 2 is 1.87 bits per heavy atom. The molecule has 0 bridgehead atoms. The van der Waals surface area contributed by atoms with Gasteiger partial charge in [-0.15, -0.1) is 0 Å². The molecule has 2 aliphatic heterocycles. The van der Waals surface area contributed by atoms with Gasteiger partial charge in [0.05, 0.1) is 18.8 Å². The minimum atomic E-state index is -0.480. The third-order valence-electron chi connectivity index (χ3n) is 6.23. The Bertz CT molecular complexity index is 783. The van der Waals surface area contributed by atoms with Crippen molar-refractivity contribution in [3.8, 4) is 11.5 Å². The summed E-state index contributed by atoms with van der Waals surface area (Å²) in [7, 11) is 0. The number of carbonyl (C=O) groups is 2. The maximum atomic E-state index is 12.4. The second kappa shape index (κ2) is 10.2. The largest absolute Gasteiger partial charge is 0.454 e. The highest BCUT2D eigenvalue weighted by molar-refractivity contribution is 5.90. The minimum absolute atomic E-state index is 0.0454. The first-order chi connectivity index (χ1) is 15.1. The predicted molar refractivity (Wildman–Crippen MR) is 113 cm³/mol. The van der Waals surface area contributed by atoms with Gasteiger partial charge in [0.15, 0.2) is 11.5 Å². The van der Waals surface area contributed by atoms with E-state index in [1.807, 2.05) is 0 Å². The van der Waals surface area contributed by atoms with Gasteiger partial charge in [0.2, 0.25) is 12.7 Å². The molecular weight excluding hydrogens is 402 g/mol. The van der Waals surface area contributed by atoms with Crippen molar-refractivity contribution in [3.63, 3.8) is 0 Å². The smallest absolute Gasteiger partial charge is 0.319 e. The van der Waals surface area contributed by atoms with E-state index in [-0.39, 0.29) is 43.4 Å². The van der Waals surface area contributed by atoms with E-state index in [0.29, 0.717) is 36.6 Å². The van der Waals surface area contributed by atoms with E-state index in [0.717, 1.165) is 32.1 Å². The van der Waals surface area contributed by atoms with E-state index in [1.54, 1.807) is 18.2 Å². The van der Waals surface area contributed by atoms with Crippen LogP contribution in [-0.2, 0) is 9.53 Å². The van der Waals surface area contributed by atoms with Gasteiger partial charge in [0, 0.05) is 24.2 Å². The van der Waals surface area contributed by atoms with Crippen molar-refractivity contribution in [1.29, 1.82) is 0 Å². The van der Waals surface area contributed by atoms with Crippen LogP contribution in [-0.4, -0.2) is 55.2 Å². The average Bonchev–Trinajstić information content (AvgIpc) is 3.46. The maximum Gasteiger partial charge on any atom is 0.319 e. The number of hydrogen-bond donors (Lipinski definition) is 4. The molecule has 0 aromatic heterocycles. The molecule has 4 rings (SSSR count). The maximum absolute atomic E-state index is 12.4. The van der Waals surface area contributed by atoms with Gasteiger partial charge in [-0.25, -0.2) is 4.79 Å². The molecule has 170 valence electrons. The normalized spacial score (nSPS) is 25.3. The molecule has 9 nitrogen and oxygen atoms in total. The van der Waals surface area contributed by atoms with Gasteiger partial charge in [-0.3, -0.25) is 4.79 Å². The summed E-state index contributed by atoms with van der Waals surface area (Å²) in [6, 6.07) is 4.54. The first kappa shape index (κ1) is 21.7. The van der Waals surface area contributed by atoms with E-state index in [1.165, 1.54) is 0 Å². The summed E-state index contributed by atoms with van der Waals surface area (Å²) in [5.41, 5.74) is 0.593. The molecule has 3 amide bonds. The third kappa shape index (κ3) is 5.59. The highest BCUT2D eigenvalue weighted by Gasteiger charge is 2.32. The monoisotopic (exact) mass is 433 g/mol. The number of aliphatic hydroxyl groups excluding tert-OH is 1. The summed E-state index contributed by atoms with van der Waals surface area (Å²) in [5.74, 6) is 1.55. The molecule has 2 heterocycles. The van der Waals surface area contributed by atoms with Crippen molar-refractivity contribution < 1.29 is 28.9 Å². The molecule has 2 fully saturated rings. The van der Waals surface area contributed by atoms with Crippen LogP contribution in [0.25, 0.3) is 0 Å². The number of ether oxygens (including phenoxy) is 3. The van der Waals surface area contributed by atoms with Gasteiger partial charge in [-0.05, 0) is 44.2 Å². The average molecular weight is 434 g/mol. The van der Waals surface area contributed by atoms with Crippen molar-refractivity contribution >= 4 is 17.6 Å². The van der Waals surface area contributed by atoms with Crippen LogP contribution in [0.2, 0.25) is 0 Å². The summed E-state index contributed by atoms with van der Waals surface area (Å²) < 4.78 is 16.6. The number of benzene rings is 1. The zero-order valence-corrected chi connectivity index (χ0v) is 17.6. The van der Waals surface area contributed by atoms with Gasteiger partial charge < -0.3 is 35.3 Å². The van der Waals surface area contributed by atoms with Crippen molar-refractivity contribution in [2.45, 2.75) is 63.2 Å². The summed E-state index contributed by atoms with van der Waals surface area (Å²) in [6.45, 7) is 0.564. The van der Waals surface area contributed by atoms with Crippen molar-refractivity contribution in [2.75, 3.05) is 25.3 Å². The molecule has 3 aliphatic rings. The van der Waals surface area contributed by atoms with Crippen LogP contribution in [0.15, 0.2) is 18.2 Å². The molecular formula is C22H31N3O6. The Kier molecular flexibility index (Phi) is 7.14. The van der Waals surface area contributed by atoms with Gasteiger partial charge >= 0.3 is 6.03 Å². The standard InChI is InChI=1S/C22H31N3O6/c26-12-20-17(25-22(28)24-15-5-8-18-19(11-15)30-13-29-18)7-6-16(31-20)9-10-23-21(27)14-3-1-2-4-14/h5,8,11,14,16-17,20,26H,1-4,6-7,9-10,12-13H2,(H,23,27)(H2,24,25,28)/t16-,17+,20+/m1/s1. The van der Waals surface area contributed by atoms with Crippen LogP contribution in [0, 0.1) is 5.92 Å². The lowest BCUT2D eigenvalue weighted by atomic mass is 9.97. The number of anilines is 1. The van der Waals surface area contributed by atoms with Crippen molar-refractivity contribution in [3.05, 3.63) is 18.2 Å². The van der Waals surface area contributed by atoms with Crippen LogP contribution in [0.1, 0.15) is 44.9 Å². The number of nitrogens with one attached hydrogen (secondary N) is 3. The Balaban J connectivity index is 1.20. The van der Waals surface area contributed by atoms with Crippen LogP contribution in [0.5, 0.6) is 11.5 Å². The van der Waals surface area contributed by atoms with E-state index < -0.39 is 6.10 Å². The molecule has 0 spiro atoms. The topological polar surface area (TPSA) is 118 Å². The summed E-state index contributed by atoms with van der Waals surface area (Å²) >= 11 is 0. The van der Waals surface area contributed by atoms with Crippen LogP contribution < -0.4 is 25.4 Å². The lowest BCUT2D eigenvalue weighted by Crippen LogP contribution is -2.52. The molecule has 1 aromatic carbocycles. The van der Waals surface area contributed by atoms with Crippen LogP contribution in [0.4, 0.5) is 10.5 Å². The molecule has 3 atom stereocenters. The summed E-state index contributed by atoms with van der Waals surface area (Å²) in [4.78, 5) is 24.5. The lowest BCUT2D eigenvalue weighted by molar-refractivity contribution is -0.125. The molecule has 31 heavy (non-hydrogen) atoms. The fourth-order valence-electron chi connectivity index (χ4n) is 4.51. The number of hydrogen-bond acceptors (Lipinski definition) is 6. The molecule has 4 N–H and O–H groups in total. The molecule has 1 aromatic rings. The van der Waals surface area contributed by atoms with E-state index in [2.05, 4.69) is 16.0 Å². The Hall–Kier alpha value is -2.52. The van der Waals surface area contributed by atoms with E-state index >= 15 is 0 Å². The summed E-state index contributed by atoms with van der Waals surface area (Å²) in [6.07, 6.45) is 5.87. The quantitative estimate of drug-likeness (QED) is 0.523. The number of amides is 3. The Labute approximate surface area is 181 Å². The molecule has 0 radical (unpaired) electrons. The Morgan fingerprint density at radius 1 is 1.06 bits per heavy atom. The first-order valence-electron chi connectivity index (χ1n) is 11.1. The minimum Gasteiger partial charge on any atom is -0.454 e. The van der Waals surface area contributed by atoms with Crippen molar-refractivity contribution in [2.24, 2.45) is 5.92 Å². The predicted octanol–water partition coefficient (Wildman–Crippen LogP) is 2.14. The first-order valence-corrected chi connectivity index (χ1v) is 11.1. The number of carbonyl (C=O) groups excluding carboxylic acids is 2. The number of rotatable bonds is 7. The van der Waals surface area contributed by atoms with Gasteiger partial charge in [0.25, 0.3) is 0 Å². The SMILES string of the molecule is O=C(Nc1ccc2c(c1)OCO2)N[C@H]1CC[C@H](CCNC(=O)C2CCCC2)O[C@H]1CO. The lowest BCUT2D eigenvalue weighted by Gasteiger charge is -2.36. The van der Waals surface area contributed by atoms with Gasteiger partial charge in [0.1, 0.15) is 6.10 Å². The molecule has 0 unspecified atom stereocenters. The van der Waals surface area contributed by atoms with Gasteiger partial charge in [-0.1, -0.05) is 12.8 Å². The highest BCUT2D eigenvalue weighted by Crippen LogP contribution is 2.34. The van der Waals surface area contributed by atoms with E-state index in [9.17, 15) is 14.7 Å². The zero-order chi connectivity index (χ0) is 21.6.